The molecule has 0 atom stereocenters. The molecule has 2 amide bonds. The number of fused-ring (bicyclic) bond motifs is 3. The van der Waals surface area contributed by atoms with Gasteiger partial charge in [0.15, 0.2) is 0 Å². The molecule has 4 saturated carbocycles. The Morgan fingerprint density at radius 1 is 0.980 bits per heavy atom. The summed E-state index contributed by atoms with van der Waals surface area (Å²) in [5, 5.41) is 4.60. The number of hydrogen-bond acceptors (Lipinski definition) is 7. The maximum Gasteiger partial charge on any atom is 0.410 e. The Labute approximate surface area is 303 Å². The molecule has 274 valence electrons. The minimum Gasteiger partial charge on any atom is -0.496 e. The van der Waals surface area contributed by atoms with Gasteiger partial charge in [-0.2, -0.15) is 5.10 Å². The monoisotopic (exact) mass is 696 g/mol. The number of benzene rings is 1. The fraction of sp³-hybridized carbons (Fsp3) is 0.634. The number of carbonyl (C=O) groups excluding carboxylic acids is 2. The first-order chi connectivity index (χ1) is 24.3. The van der Waals surface area contributed by atoms with Crippen LogP contribution in [0.15, 0.2) is 36.8 Å². The molecule has 5 aliphatic rings. The lowest BCUT2D eigenvalue weighted by Gasteiger charge is -2.55. The van der Waals surface area contributed by atoms with Crippen molar-refractivity contribution >= 4 is 17.9 Å². The van der Waals surface area contributed by atoms with Gasteiger partial charge in [0.2, 0.25) is 11.9 Å². The third-order valence-corrected chi connectivity index (χ3v) is 12.5. The number of amides is 2. The maximum absolute atomic E-state index is 14.7. The fourth-order valence-electron chi connectivity index (χ4n) is 9.27. The van der Waals surface area contributed by atoms with Gasteiger partial charge in [-0.05, 0) is 138 Å². The highest BCUT2D eigenvalue weighted by molar-refractivity contribution is 5.93. The number of anilines is 1. The molecular formula is C41H56N6O4. The molecule has 51 heavy (non-hydrogen) atoms. The molecule has 1 aliphatic heterocycles. The topological polar surface area (TPSA) is 103 Å². The van der Waals surface area contributed by atoms with Crippen LogP contribution in [0.1, 0.15) is 109 Å². The van der Waals surface area contributed by atoms with Crippen LogP contribution in [0.3, 0.4) is 0 Å². The number of methoxy groups -OCH3 is 1. The number of ether oxygens (including phenoxy) is 2. The molecule has 2 aromatic heterocycles. The van der Waals surface area contributed by atoms with Crippen LogP contribution < -0.4 is 9.64 Å². The molecule has 2 bridgehead atoms. The van der Waals surface area contributed by atoms with Gasteiger partial charge in [-0.15, -0.1) is 0 Å². The Kier molecular flexibility index (Phi) is 9.42. The van der Waals surface area contributed by atoms with Crippen LogP contribution in [0, 0.1) is 31.1 Å². The second kappa shape index (κ2) is 13.6. The molecule has 5 fully saturated rings. The zero-order chi connectivity index (χ0) is 36.1. The third kappa shape index (κ3) is 6.99. The third-order valence-electron chi connectivity index (χ3n) is 12.5. The van der Waals surface area contributed by atoms with Gasteiger partial charge in [0.25, 0.3) is 0 Å². The molecule has 3 aromatic rings. The summed E-state index contributed by atoms with van der Waals surface area (Å²) in [6, 6.07) is 6.60. The predicted molar refractivity (Wildman–Crippen MR) is 198 cm³/mol. The maximum atomic E-state index is 14.7. The number of rotatable bonds is 8. The van der Waals surface area contributed by atoms with E-state index in [0.29, 0.717) is 44.1 Å². The van der Waals surface area contributed by atoms with Crippen LogP contribution in [0.2, 0.25) is 0 Å². The van der Waals surface area contributed by atoms with Crippen LogP contribution in [0.5, 0.6) is 5.75 Å². The summed E-state index contributed by atoms with van der Waals surface area (Å²) in [5.41, 5.74) is 5.54. The second-order valence-corrected chi connectivity index (χ2v) is 17.3. The molecule has 3 heterocycles. The van der Waals surface area contributed by atoms with Crippen molar-refractivity contribution in [1.29, 1.82) is 0 Å². The van der Waals surface area contributed by atoms with Crippen molar-refractivity contribution in [2.75, 3.05) is 31.6 Å². The molecule has 1 saturated heterocycles. The van der Waals surface area contributed by atoms with Crippen molar-refractivity contribution in [3.05, 3.63) is 53.5 Å². The summed E-state index contributed by atoms with van der Waals surface area (Å²) in [5.74, 6) is 1.92. The molecule has 0 unspecified atom stereocenters. The average molecular weight is 697 g/mol. The highest BCUT2D eigenvalue weighted by Gasteiger charge is 2.51. The SMILES string of the molecule is COc1c(C)cc(C23CCC(CN(c4nccc(-c5cnn(C(C)(C)C)c5)n4)C(=O)[C@H]4CC[C@H](OC(=O)N5CC(C)C5)CC4)(CC2)CC3)cc1C. The highest BCUT2D eigenvalue weighted by atomic mass is 16.6. The lowest BCUT2D eigenvalue weighted by atomic mass is 9.51. The predicted octanol–water partition coefficient (Wildman–Crippen LogP) is 7.99. The van der Waals surface area contributed by atoms with Gasteiger partial charge < -0.3 is 14.4 Å². The quantitative estimate of drug-likeness (QED) is 0.235. The lowest BCUT2D eigenvalue weighted by Crippen LogP contribution is -2.52. The summed E-state index contributed by atoms with van der Waals surface area (Å²) < 4.78 is 13.5. The van der Waals surface area contributed by atoms with Gasteiger partial charge in [0, 0.05) is 43.5 Å². The van der Waals surface area contributed by atoms with E-state index in [1.54, 1.807) is 18.2 Å². The van der Waals surface area contributed by atoms with Gasteiger partial charge in [0.1, 0.15) is 11.9 Å². The Bertz CT molecular complexity index is 1720. The Morgan fingerprint density at radius 3 is 2.20 bits per heavy atom. The van der Waals surface area contributed by atoms with Gasteiger partial charge in [-0.25, -0.2) is 14.8 Å². The molecule has 10 heteroatoms. The van der Waals surface area contributed by atoms with E-state index in [1.807, 2.05) is 28.0 Å². The highest BCUT2D eigenvalue weighted by Crippen LogP contribution is 2.58. The van der Waals surface area contributed by atoms with Crippen molar-refractivity contribution in [1.82, 2.24) is 24.6 Å². The van der Waals surface area contributed by atoms with Gasteiger partial charge in [-0.3, -0.25) is 14.4 Å². The van der Waals surface area contributed by atoms with Crippen molar-refractivity contribution in [3.8, 4) is 17.0 Å². The first-order valence-electron chi connectivity index (χ1n) is 19.1. The number of aromatic nitrogens is 4. The Hall–Kier alpha value is -3.95. The minimum atomic E-state index is -0.214. The summed E-state index contributed by atoms with van der Waals surface area (Å²) in [4.78, 5) is 40.8. The smallest absolute Gasteiger partial charge is 0.410 e. The molecule has 4 aliphatic carbocycles. The van der Waals surface area contributed by atoms with Crippen molar-refractivity contribution in [2.24, 2.45) is 17.3 Å². The Balaban J connectivity index is 1.11. The van der Waals surface area contributed by atoms with Crippen LogP contribution in [-0.4, -0.2) is 69.5 Å². The number of hydrogen-bond donors (Lipinski definition) is 0. The van der Waals surface area contributed by atoms with Gasteiger partial charge in [-0.1, -0.05) is 19.1 Å². The summed E-state index contributed by atoms with van der Waals surface area (Å²) in [7, 11) is 1.75. The fourth-order valence-corrected chi connectivity index (χ4v) is 9.27. The molecular weight excluding hydrogens is 640 g/mol. The van der Waals surface area contributed by atoms with E-state index >= 15 is 0 Å². The zero-order valence-corrected chi connectivity index (χ0v) is 31.7. The number of nitrogens with zero attached hydrogens (tertiary/aromatic N) is 6. The van der Waals surface area contributed by atoms with E-state index in [-0.39, 0.29) is 40.4 Å². The van der Waals surface area contributed by atoms with Crippen LogP contribution in [0.25, 0.3) is 11.3 Å². The summed E-state index contributed by atoms with van der Waals surface area (Å²) in [6.45, 7) is 15.0. The van der Waals surface area contributed by atoms with E-state index in [1.165, 1.54) is 16.7 Å². The molecule has 8 rings (SSSR count). The van der Waals surface area contributed by atoms with Crippen molar-refractivity contribution in [3.63, 3.8) is 0 Å². The van der Waals surface area contributed by atoms with E-state index in [4.69, 9.17) is 19.4 Å². The lowest BCUT2D eigenvalue weighted by molar-refractivity contribution is -0.124. The van der Waals surface area contributed by atoms with E-state index in [9.17, 15) is 9.59 Å². The molecule has 0 N–H and O–H groups in total. The molecule has 0 spiro atoms. The molecule has 10 nitrogen and oxygen atoms in total. The van der Waals surface area contributed by atoms with E-state index < -0.39 is 0 Å². The first kappa shape index (κ1) is 35.5. The van der Waals surface area contributed by atoms with Crippen molar-refractivity contribution in [2.45, 2.75) is 123 Å². The van der Waals surface area contributed by atoms with E-state index in [2.05, 4.69) is 58.8 Å². The Morgan fingerprint density at radius 2 is 1.63 bits per heavy atom. The number of aryl methyl sites for hydroxylation is 2. The van der Waals surface area contributed by atoms with Crippen LogP contribution in [-0.2, 0) is 20.5 Å². The molecule has 1 aromatic carbocycles. The number of likely N-dealkylation sites (tertiary alicyclic amines) is 1. The zero-order valence-electron chi connectivity index (χ0n) is 31.7. The largest absolute Gasteiger partial charge is 0.496 e. The summed E-state index contributed by atoms with van der Waals surface area (Å²) in [6.07, 6.45) is 14.6. The number of carbonyl (C=O) groups is 2. The summed E-state index contributed by atoms with van der Waals surface area (Å²) >= 11 is 0. The van der Waals surface area contributed by atoms with Crippen LogP contribution >= 0.6 is 0 Å². The van der Waals surface area contributed by atoms with Gasteiger partial charge >= 0.3 is 6.09 Å². The second-order valence-electron chi connectivity index (χ2n) is 17.3. The molecule has 0 radical (unpaired) electrons. The normalized spacial score (nSPS) is 26.5. The van der Waals surface area contributed by atoms with E-state index in [0.717, 1.165) is 68.6 Å². The minimum absolute atomic E-state index is 0.0194. The first-order valence-corrected chi connectivity index (χ1v) is 19.1. The van der Waals surface area contributed by atoms with Gasteiger partial charge in [0.05, 0.1) is 24.5 Å². The van der Waals surface area contributed by atoms with Crippen LogP contribution in [0.4, 0.5) is 10.7 Å². The average Bonchev–Trinajstić information content (AvgIpc) is 3.62. The van der Waals surface area contributed by atoms with Crippen molar-refractivity contribution < 1.29 is 19.1 Å². The standard InChI is InChI=1S/C41H56N6O4/c1-27-23-45(24-27)38(49)51-33-10-8-30(9-11-33)36(48)46(37-42-19-12-34(44-37)31-22-43-47(25-31)39(4,5)6)26-40-13-16-41(17-14-40,18-15-40)32-20-28(2)35(50-7)29(3)21-32/h12,19-22,25,27,30,33H,8-11,13-18,23-24,26H2,1-7H3/t30-,33-,40?,41?.